The quantitative estimate of drug-likeness (QED) is 0.845. The lowest BCUT2D eigenvalue weighted by Gasteiger charge is -2.43. The van der Waals surface area contributed by atoms with Crippen LogP contribution in [0.5, 0.6) is 0 Å². The Labute approximate surface area is 119 Å². The summed E-state index contributed by atoms with van der Waals surface area (Å²) in [5.74, 6) is -0.0715. The Balaban J connectivity index is 2.89. The number of carbonyl (C=O) groups excluding carboxylic acids is 1. The maximum Gasteiger partial charge on any atom is 0.323 e. The smallest absolute Gasteiger partial charge is 0.323 e. The molecule has 19 heavy (non-hydrogen) atoms. The summed E-state index contributed by atoms with van der Waals surface area (Å²) in [5, 5.41) is 9.37. The molecule has 2 amide bonds. The highest BCUT2D eigenvalue weighted by atomic mass is 32.2. The van der Waals surface area contributed by atoms with Crippen molar-refractivity contribution >= 4 is 23.8 Å². The van der Waals surface area contributed by atoms with Crippen LogP contribution in [-0.4, -0.2) is 62.6 Å². The average Bonchev–Trinajstić information content (AvgIpc) is 2.27. The first-order valence-corrected chi connectivity index (χ1v) is 7.61. The predicted octanol–water partition coefficient (Wildman–Crippen LogP) is 2.12. The van der Waals surface area contributed by atoms with Gasteiger partial charge in [-0.05, 0) is 27.7 Å². The van der Waals surface area contributed by atoms with Crippen LogP contribution >= 0.6 is 11.8 Å². The molecule has 0 bridgehead atoms. The van der Waals surface area contributed by atoms with Crippen LogP contribution < -0.4 is 0 Å². The van der Waals surface area contributed by atoms with Crippen LogP contribution in [-0.2, 0) is 4.79 Å². The Hall–Kier alpha value is -0.910. The van der Waals surface area contributed by atoms with Gasteiger partial charge in [-0.25, -0.2) is 4.79 Å². The molecule has 1 aliphatic rings. The zero-order chi connectivity index (χ0) is 14.8. The first-order chi connectivity index (χ1) is 8.64. The van der Waals surface area contributed by atoms with Crippen molar-refractivity contribution in [2.24, 2.45) is 0 Å². The normalized spacial score (nSPS) is 24.2. The second-order valence-corrected chi connectivity index (χ2v) is 7.43. The van der Waals surface area contributed by atoms with Crippen LogP contribution in [0.2, 0.25) is 0 Å². The van der Waals surface area contributed by atoms with Crippen LogP contribution in [0.4, 0.5) is 4.79 Å². The van der Waals surface area contributed by atoms with Crippen LogP contribution in [0.25, 0.3) is 0 Å². The van der Waals surface area contributed by atoms with E-state index in [1.165, 1.54) is 4.90 Å². The molecule has 1 N–H and O–H groups in total. The summed E-state index contributed by atoms with van der Waals surface area (Å²) in [7, 11) is 0. The van der Waals surface area contributed by atoms with Gasteiger partial charge in [-0.1, -0.05) is 6.92 Å². The minimum atomic E-state index is -0.977. The second-order valence-electron chi connectivity index (χ2n) is 5.94. The van der Waals surface area contributed by atoms with Crippen molar-refractivity contribution in [2.75, 3.05) is 18.8 Å². The van der Waals surface area contributed by atoms with Crippen molar-refractivity contribution in [3.63, 3.8) is 0 Å². The number of thioether (sulfide) groups is 1. The summed E-state index contributed by atoms with van der Waals surface area (Å²) in [6.07, 6.45) is 0. The lowest BCUT2D eigenvalue weighted by atomic mass is 10.1. The molecule has 2 unspecified atom stereocenters. The first-order valence-electron chi connectivity index (χ1n) is 6.56. The highest BCUT2D eigenvalue weighted by Gasteiger charge is 2.36. The Morgan fingerprint density at radius 2 is 1.95 bits per heavy atom. The van der Waals surface area contributed by atoms with E-state index in [0.29, 0.717) is 11.8 Å². The molecule has 0 aromatic rings. The number of hydrogen-bond acceptors (Lipinski definition) is 3. The molecule has 0 aromatic heterocycles. The van der Waals surface area contributed by atoms with Crippen molar-refractivity contribution in [1.29, 1.82) is 0 Å². The number of carboxylic acid groups (broad SMARTS) is 1. The SMILES string of the molecule is CC1SCCN(C(=O)N(CC(=O)O)C(C)(C)C)C1C. The fourth-order valence-electron chi connectivity index (χ4n) is 2.09. The average molecular weight is 288 g/mol. The highest BCUT2D eigenvalue weighted by Crippen LogP contribution is 2.26. The van der Waals surface area contributed by atoms with Crippen molar-refractivity contribution in [3.8, 4) is 0 Å². The van der Waals surface area contributed by atoms with E-state index in [0.717, 1.165) is 5.75 Å². The number of amides is 2. The van der Waals surface area contributed by atoms with Crippen LogP contribution in [0.3, 0.4) is 0 Å². The van der Waals surface area contributed by atoms with Gasteiger partial charge in [-0.15, -0.1) is 0 Å². The van der Waals surface area contributed by atoms with E-state index in [-0.39, 0.29) is 18.6 Å². The highest BCUT2D eigenvalue weighted by molar-refractivity contribution is 8.00. The van der Waals surface area contributed by atoms with Gasteiger partial charge in [0.15, 0.2) is 0 Å². The summed E-state index contributed by atoms with van der Waals surface area (Å²) in [6, 6.07) is -0.0422. The number of urea groups is 1. The van der Waals surface area contributed by atoms with Crippen molar-refractivity contribution in [3.05, 3.63) is 0 Å². The van der Waals surface area contributed by atoms with Crippen LogP contribution in [0.15, 0.2) is 0 Å². The third kappa shape index (κ3) is 4.03. The Morgan fingerprint density at radius 3 is 2.42 bits per heavy atom. The molecule has 5 nitrogen and oxygen atoms in total. The number of carbonyl (C=O) groups is 2. The largest absolute Gasteiger partial charge is 0.480 e. The second kappa shape index (κ2) is 6.03. The standard InChI is InChI=1S/C13H24N2O3S/c1-9-10(2)19-7-6-14(9)12(18)15(8-11(16)17)13(3,4)5/h9-10H,6-8H2,1-5H3,(H,16,17). The molecule has 6 heteroatoms. The zero-order valence-electron chi connectivity index (χ0n) is 12.3. The fraction of sp³-hybridized carbons (Fsp3) is 0.846. The summed E-state index contributed by atoms with van der Waals surface area (Å²) in [4.78, 5) is 26.8. The maximum atomic E-state index is 12.6. The number of hydrogen-bond donors (Lipinski definition) is 1. The van der Waals surface area contributed by atoms with E-state index in [1.54, 1.807) is 4.90 Å². The van der Waals surface area contributed by atoms with Gasteiger partial charge < -0.3 is 14.9 Å². The van der Waals surface area contributed by atoms with Crippen LogP contribution in [0, 0.1) is 0 Å². The van der Waals surface area contributed by atoms with Gasteiger partial charge in [0.2, 0.25) is 0 Å². The number of aliphatic carboxylic acids is 1. The number of rotatable bonds is 2. The molecule has 0 aromatic carbocycles. The minimum Gasteiger partial charge on any atom is -0.480 e. The number of carboxylic acids is 1. The Bertz CT molecular complexity index is 354. The predicted molar refractivity (Wildman–Crippen MR) is 77.6 cm³/mol. The van der Waals surface area contributed by atoms with E-state index in [2.05, 4.69) is 6.92 Å². The van der Waals surface area contributed by atoms with Gasteiger partial charge in [-0.2, -0.15) is 11.8 Å². The molecule has 1 heterocycles. The summed E-state index contributed by atoms with van der Waals surface area (Å²) in [5.41, 5.74) is -0.497. The van der Waals surface area contributed by atoms with Gasteiger partial charge in [0.1, 0.15) is 6.54 Å². The minimum absolute atomic E-state index is 0.130. The number of nitrogens with zero attached hydrogens (tertiary/aromatic N) is 2. The van der Waals surface area contributed by atoms with E-state index in [1.807, 2.05) is 39.5 Å². The zero-order valence-corrected chi connectivity index (χ0v) is 13.2. The molecular formula is C13H24N2O3S. The molecule has 110 valence electrons. The molecule has 2 atom stereocenters. The monoisotopic (exact) mass is 288 g/mol. The topological polar surface area (TPSA) is 60.9 Å². The molecule has 0 aliphatic carbocycles. The lowest BCUT2D eigenvalue weighted by Crippen LogP contribution is -2.58. The summed E-state index contributed by atoms with van der Waals surface area (Å²) >= 11 is 1.85. The molecule has 0 saturated carbocycles. The summed E-state index contributed by atoms with van der Waals surface area (Å²) < 4.78 is 0. The van der Waals surface area contributed by atoms with Crippen molar-refractivity contribution in [2.45, 2.75) is 51.4 Å². The Kier molecular flexibility index (Phi) is 5.12. The molecular weight excluding hydrogens is 264 g/mol. The molecule has 1 aliphatic heterocycles. The first kappa shape index (κ1) is 16.1. The lowest BCUT2D eigenvalue weighted by molar-refractivity contribution is -0.138. The van der Waals surface area contributed by atoms with Gasteiger partial charge in [0, 0.05) is 29.1 Å². The molecule has 1 saturated heterocycles. The molecule has 0 spiro atoms. The van der Waals surface area contributed by atoms with Crippen LogP contribution in [0.1, 0.15) is 34.6 Å². The van der Waals surface area contributed by atoms with Crippen molar-refractivity contribution < 1.29 is 14.7 Å². The van der Waals surface area contributed by atoms with E-state index in [9.17, 15) is 9.59 Å². The van der Waals surface area contributed by atoms with Crippen molar-refractivity contribution in [1.82, 2.24) is 9.80 Å². The molecule has 1 rings (SSSR count). The Morgan fingerprint density at radius 1 is 1.37 bits per heavy atom. The van der Waals surface area contributed by atoms with Gasteiger partial charge in [0.05, 0.1) is 0 Å². The fourth-order valence-corrected chi connectivity index (χ4v) is 3.18. The maximum absolute atomic E-state index is 12.6. The molecule has 0 radical (unpaired) electrons. The molecule has 1 fully saturated rings. The van der Waals surface area contributed by atoms with E-state index in [4.69, 9.17) is 5.11 Å². The van der Waals surface area contributed by atoms with E-state index >= 15 is 0 Å². The summed E-state index contributed by atoms with van der Waals surface area (Å²) in [6.45, 7) is 10.1. The third-order valence-corrected chi connectivity index (χ3v) is 4.80. The van der Waals surface area contributed by atoms with E-state index < -0.39 is 11.5 Å². The third-order valence-electron chi connectivity index (χ3n) is 3.46. The van der Waals surface area contributed by atoms with Gasteiger partial charge in [-0.3, -0.25) is 4.79 Å². The van der Waals surface area contributed by atoms with Gasteiger partial charge >= 0.3 is 12.0 Å². The van der Waals surface area contributed by atoms with Gasteiger partial charge in [0.25, 0.3) is 0 Å².